The Hall–Kier alpha value is -2.17. The van der Waals surface area contributed by atoms with Gasteiger partial charge in [0.05, 0.1) is 13.2 Å². The second kappa shape index (κ2) is 8.32. The van der Waals surface area contributed by atoms with E-state index < -0.39 is 0 Å². The Kier molecular flexibility index (Phi) is 6.13. The summed E-state index contributed by atoms with van der Waals surface area (Å²) in [6.45, 7) is 1.57. The lowest BCUT2D eigenvalue weighted by Crippen LogP contribution is -2.23. The summed E-state index contributed by atoms with van der Waals surface area (Å²) in [6.07, 6.45) is 0. The first-order chi connectivity index (χ1) is 10.7. The van der Waals surface area contributed by atoms with Crippen molar-refractivity contribution >= 4 is 5.91 Å². The fourth-order valence-electron chi connectivity index (χ4n) is 2.22. The highest BCUT2D eigenvalue weighted by molar-refractivity contribution is 5.94. The molecule has 0 aromatic heterocycles. The van der Waals surface area contributed by atoms with Crippen LogP contribution in [0.25, 0.3) is 0 Å². The largest absolute Gasteiger partial charge is 0.380 e. The first-order valence-corrected chi connectivity index (χ1v) is 7.16. The van der Waals surface area contributed by atoms with Crippen molar-refractivity contribution in [1.82, 2.24) is 5.32 Å². The molecular formula is C18H21NO3. The number of methoxy groups -OCH3 is 2. The molecule has 0 fully saturated rings. The Morgan fingerprint density at radius 3 is 2.18 bits per heavy atom. The van der Waals surface area contributed by atoms with Crippen molar-refractivity contribution in [1.29, 1.82) is 0 Å². The zero-order valence-corrected chi connectivity index (χ0v) is 13.0. The molecule has 1 amide bonds. The van der Waals surface area contributed by atoms with E-state index in [1.54, 1.807) is 14.2 Å². The van der Waals surface area contributed by atoms with Gasteiger partial charge in [-0.2, -0.15) is 0 Å². The average molecular weight is 299 g/mol. The first kappa shape index (κ1) is 16.2. The van der Waals surface area contributed by atoms with Crippen LogP contribution in [0.3, 0.4) is 0 Å². The van der Waals surface area contributed by atoms with Crippen molar-refractivity contribution < 1.29 is 14.3 Å². The molecule has 4 heteroatoms. The molecule has 2 aromatic carbocycles. The van der Waals surface area contributed by atoms with Gasteiger partial charge in [-0.1, -0.05) is 36.4 Å². The van der Waals surface area contributed by atoms with Gasteiger partial charge in [-0.15, -0.1) is 0 Å². The lowest BCUT2D eigenvalue weighted by molar-refractivity contribution is 0.0950. The minimum atomic E-state index is -0.0869. The third kappa shape index (κ3) is 4.41. The second-order valence-corrected chi connectivity index (χ2v) is 5.01. The van der Waals surface area contributed by atoms with Crippen molar-refractivity contribution in [2.45, 2.75) is 19.8 Å². The lowest BCUT2D eigenvalue weighted by Gasteiger charge is -2.10. The van der Waals surface area contributed by atoms with Crippen LogP contribution in [0.1, 0.15) is 27.0 Å². The number of benzene rings is 2. The van der Waals surface area contributed by atoms with E-state index in [0.29, 0.717) is 25.3 Å². The number of hydrogen-bond acceptors (Lipinski definition) is 3. The van der Waals surface area contributed by atoms with Crippen LogP contribution in [0, 0.1) is 0 Å². The van der Waals surface area contributed by atoms with Crippen LogP contribution in [0.4, 0.5) is 0 Å². The van der Waals surface area contributed by atoms with E-state index in [1.807, 2.05) is 48.5 Å². The van der Waals surface area contributed by atoms with Gasteiger partial charge in [-0.25, -0.2) is 0 Å². The monoisotopic (exact) mass is 299 g/mol. The molecule has 2 aromatic rings. The third-order valence-electron chi connectivity index (χ3n) is 3.38. The van der Waals surface area contributed by atoms with E-state index in [9.17, 15) is 4.79 Å². The fourth-order valence-corrected chi connectivity index (χ4v) is 2.22. The van der Waals surface area contributed by atoms with E-state index in [0.717, 1.165) is 16.7 Å². The van der Waals surface area contributed by atoms with Gasteiger partial charge >= 0.3 is 0 Å². The molecule has 4 nitrogen and oxygen atoms in total. The number of nitrogens with one attached hydrogen (secondary N) is 1. The summed E-state index contributed by atoms with van der Waals surface area (Å²) in [5, 5.41) is 2.94. The molecule has 116 valence electrons. The fraction of sp³-hybridized carbons (Fsp3) is 0.278. The Morgan fingerprint density at radius 1 is 0.909 bits per heavy atom. The van der Waals surface area contributed by atoms with E-state index in [4.69, 9.17) is 9.47 Å². The van der Waals surface area contributed by atoms with Crippen molar-refractivity contribution in [2.75, 3.05) is 14.2 Å². The second-order valence-electron chi connectivity index (χ2n) is 5.01. The minimum absolute atomic E-state index is 0.0869. The van der Waals surface area contributed by atoms with Gasteiger partial charge in [0.15, 0.2) is 0 Å². The van der Waals surface area contributed by atoms with Gasteiger partial charge < -0.3 is 14.8 Å². The van der Waals surface area contributed by atoms with Crippen molar-refractivity contribution in [3.63, 3.8) is 0 Å². The highest BCUT2D eigenvalue weighted by Gasteiger charge is 2.07. The van der Waals surface area contributed by atoms with Gasteiger partial charge in [-0.3, -0.25) is 4.79 Å². The van der Waals surface area contributed by atoms with Gasteiger partial charge in [0, 0.05) is 26.3 Å². The summed E-state index contributed by atoms with van der Waals surface area (Å²) in [5.41, 5.74) is 3.84. The zero-order valence-electron chi connectivity index (χ0n) is 13.0. The van der Waals surface area contributed by atoms with Crippen LogP contribution < -0.4 is 5.32 Å². The SMILES string of the molecule is COCc1ccc(C(=O)NCc2ccccc2COC)cc1. The number of hydrogen-bond donors (Lipinski definition) is 1. The maximum absolute atomic E-state index is 12.2. The topological polar surface area (TPSA) is 47.6 Å². The van der Waals surface area contributed by atoms with Crippen LogP contribution in [-0.2, 0) is 29.2 Å². The van der Waals surface area contributed by atoms with Crippen LogP contribution >= 0.6 is 0 Å². The standard InChI is InChI=1S/C18H21NO3/c1-21-12-14-7-9-15(10-8-14)18(20)19-11-16-5-3-4-6-17(16)13-22-2/h3-10H,11-13H2,1-2H3,(H,19,20). The lowest BCUT2D eigenvalue weighted by atomic mass is 10.1. The Bertz CT molecular complexity index is 608. The molecule has 2 rings (SSSR count). The summed E-state index contributed by atoms with van der Waals surface area (Å²) in [4.78, 5) is 12.2. The molecule has 0 saturated heterocycles. The van der Waals surface area contributed by atoms with Crippen LogP contribution in [0.5, 0.6) is 0 Å². The van der Waals surface area contributed by atoms with Crippen molar-refractivity contribution in [3.05, 3.63) is 70.8 Å². The summed E-state index contributed by atoms with van der Waals surface area (Å²) in [7, 11) is 3.31. The zero-order chi connectivity index (χ0) is 15.8. The van der Waals surface area contributed by atoms with E-state index >= 15 is 0 Å². The Balaban J connectivity index is 1.97. The van der Waals surface area contributed by atoms with Crippen LogP contribution in [0.15, 0.2) is 48.5 Å². The Labute approximate surface area is 131 Å². The van der Waals surface area contributed by atoms with E-state index in [1.165, 1.54) is 0 Å². The Morgan fingerprint density at radius 2 is 1.55 bits per heavy atom. The minimum Gasteiger partial charge on any atom is -0.380 e. The number of carbonyl (C=O) groups excluding carboxylic acids is 1. The maximum atomic E-state index is 12.2. The average Bonchev–Trinajstić information content (AvgIpc) is 2.55. The van der Waals surface area contributed by atoms with E-state index in [2.05, 4.69) is 5.32 Å². The molecule has 22 heavy (non-hydrogen) atoms. The summed E-state index contributed by atoms with van der Waals surface area (Å²) in [5.74, 6) is -0.0869. The molecule has 0 unspecified atom stereocenters. The number of carbonyl (C=O) groups is 1. The smallest absolute Gasteiger partial charge is 0.251 e. The molecule has 0 spiro atoms. The third-order valence-corrected chi connectivity index (χ3v) is 3.38. The van der Waals surface area contributed by atoms with Gasteiger partial charge in [0.2, 0.25) is 0 Å². The van der Waals surface area contributed by atoms with Crippen LogP contribution in [0.2, 0.25) is 0 Å². The summed E-state index contributed by atoms with van der Waals surface area (Å²) >= 11 is 0. The number of amides is 1. The molecule has 1 N–H and O–H groups in total. The first-order valence-electron chi connectivity index (χ1n) is 7.16. The summed E-state index contributed by atoms with van der Waals surface area (Å²) < 4.78 is 10.2. The highest BCUT2D eigenvalue weighted by Crippen LogP contribution is 2.10. The molecule has 0 aliphatic heterocycles. The van der Waals surface area contributed by atoms with Crippen molar-refractivity contribution in [3.8, 4) is 0 Å². The molecule has 0 radical (unpaired) electrons. The molecule has 0 heterocycles. The summed E-state index contributed by atoms with van der Waals surface area (Å²) in [6, 6.07) is 15.3. The van der Waals surface area contributed by atoms with Gasteiger partial charge in [0.25, 0.3) is 5.91 Å². The molecule has 0 aliphatic rings. The highest BCUT2D eigenvalue weighted by atomic mass is 16.5. The van der Waals surface area contributed by atoms with Crippen LogP contribution in [-0.4, -0.2) is 20.1 Å². The maximum Gasteiger partial charge on any atom is 0.251 e. The number of rotatable bonds is 7. The van der Waals surface area contributed by atoms with E-state index in [-0.39, 0.29) is 5.91 Å². The predicted octanol–water partition coefficient (Wildman–Crippen LogP) is 2.91. The number of ether oxygens (including phenoxy) is 2. The van der Waals surface area contributed by atoms with Gasteiger partial charge in [0.1, 0.15) is 0 Å². The molecule has 0 atom stereocenters. The molecule has 0 saturated carbocycles. The molecule has 0 bridgehead atoms. The predicted molar refractivity (Wildman–Crippen MR) is 85.5 cm³/mol. The quantitative estimate of drug-likeness (QED) is 0.855. The molecular weight excluding hydrogens is 278 g/mol. The van der Waals surface area contributed by atoms with Gasteiger partial charge in [-0.05, 0) is 28.8 Å². The molecule has 0 aliphatic carbocycles. The normalized spacial score (nSPS) is 10.5. The van der Waals surface area contributed by atoms with Crippen molar-refractivity contribution in [2.24, 2.45) is 0 Å².